The van der Waals surface area contributed by atoms with E-state index in [1.54, 1.807) is 41.4 Å². The van der Waals surface area contributed by atoms with Gasteiger partial charge in [-0.15, -0.1) is 11.3 Å². The number of hydrogen-bond donors (Lipinski definition) is 0. The normalized spacial score (nSPS) is 16.4. The Balaban J connectivity index is 1.45. The summed E-state index contributed by atoms with van der Waals surface area (Å²) in [7, 11) is 0. The van der Waals surface area contributed by atoms with Gasteiger partial charge in [-0.25, -0.2) is 14.1 Å². The zero-order valence-corrected chi connectivity index (χ0v) is 18.3. The number of likely N-dealkylation sites (tertiary alicyclic amines) is 1. The molecule has 1 aliphatic rings. The molecule has 1 amide bonds. The molecule has 1 aliphatic heterocycles. The lowest BCUT2D eigenvalue weighted by atomic mass is 9.98. The molecule has 0 bridgehead atoms. The Hall–Kier alpha value is -3.39. The van der Waals surface area contributed by atoms with E-state index in [0.717, 1.165) is 28.1 Å². The van der Waals surface area contributed by atoms with Crippen molar-refractivity contribution >= 4 is 27.5 Å². The highest BCUT2D eigenvalue weighted by molar-refractivity contribution is 7.18. The first-order valence-electron chi connectivity index (χ1n) is 10.5. The van der Waals surface area contributed by atoms with Gasteiger partial charge in [0.1, 0.15) is 11.5 Å². The van der Waals surface area contributed by atoms with Crippen LogP contribution in [0.5, 0.6) is 0 Å². The topological polar surface area (TPSA) is 68.1 Å². The first-order chi connectivity index (χ1) is 15.5. The molecule has 0 saturated carbocycles. The Bertz CT molecular complexity index is 1350. The third-order valence-corrected chi connectivity index (χ3v) is 6.96. The molecule has 0 unspecified atom stereocenters. The highest BCUT2D eigenvalue weighted by atomic mass is 32.1. The molecule has 0 N–H and O–H groups in total. The second kappa shape index (κ2) is 8.27. The summed E-state index contributed by atoms with van der Waals surface area (Å²) in [6.45, 7) is 2.70. The number of rotatable bonds is 3. The summed E-state index contributed by atoms with van der Waals surface area (Å²) in [6, 6.07) is 15.5. The molecule has 32 heavy (non-hydrogen) atoms. The van der Waals surface area contributed by atoms with Crippen LogP contribution in [0.2, 0.25) is 0 Å². The summed E-state index contributed by atoms with van der Waals surface area (Å²) in [4.78, 5) is 32.3. The van der Waals surface area contributed by atoms with E-state index >= 15 is 0 Å². The van der Waals surface area contributed by atoms with Crippen LogP contribution >= 0.6 is 11.3 Å². The van der Waals surface area contributed by atoms with Crippen LogP contribution < -0.4 is 5.43 Å². The van der Waals surface area contributed by atoms with Crippen molar-refractivity contribution < 1.29 is 9.18 Å². The third kappa shape index (κ3) is 3.71. The fourth-order valence-corrected chi connectivity index (χ4v) is 5.23. The molecule has 5 rings (SSSR count). The number of fused-ring (bicyclic) bond motifs is 1. The average molecular weight is 449 g/mol. The van der Waals surface area contributed by atoms with Gasteiger partial charge in [0.15, 0.2) is 5.69 Å². The zero-order chi connectivity index (χ0) is 22.2. The van der Waals surface area contributed by atoms with Gasteiger partial charge in [-0.3, -0.25) is 9.59 Å². The molecule has 3 heterocycles. The monoisotopic (exact) mass is 448 g/mol. The van der Waals surface area contributed by atoms with Gasteiger partial charge in [0.05, 0.1) is 15.2 Å². The predicted octanol–water partition coefficient (Wildman–Crippen LogP) is 4.31. The molecule has 0 spiro atoms. The quantitative estimate of drug-likeness (QED) is 0.468. The summed E-state index contributed by atoms with van der Waals surface area (Å²) >= 11 is 1.65. The lowest BCUT2D eigenvalue weighted by Crippen LogP contribution is -2.42. The molecule has 162 valence electrons. The highest BCUT2D eigenvalue weighted by Crippen LogP contribution is 2.33. The summed E-state index contributed by atoms with van der Waals surface area (Å²) in [6.07, 6.45) is 1.75. The van der Waals surface area contributed by atoms with Gasteiger partial charge in [-0.2, -0.15) is 5.10 Å². The molecule has 2 aromatic heterocycles. The van der Waals surface area contributed by atoms with Crippen LogP contribution in [-0.4, -0.2) is 38.7 Å². The van der Waals surface area contributed by atoms with Crippen molar-refractivity contribution in [3.63, 3.8) is 0 Å². The lowest BCUT2D eigenvalue weighted by Gasteiger charge is -2.31. The van der Waals surface area contributed by atoms with Gasteiger partial charge in [-0.1, -0.05) is 24.3 Å². The number of halogens is 1. The molecule has 1 saturated heterocycles. The smallest absolute Gasteiger partial charge is 0.278 e. The van der Waals surface area contributed by atoms with Crippen molar-refractivity contribution in [2.45, 2.75) is 25.7 Å². The molecule has 0 aliphatic carbocycles. The summed E-state index contributed by atoms with van der Waals surface area (Å²) in [5.41, 5.74) is 0.975. The maximum absolute atomic E-state index is 14.3. The number of para-hydroxylation sites is 2. The number of carbonyl (C=O) groups excluding carboxylic acids is 1. The zero-order valence-electron chi connectivity index (χ0n) is 17.5. The molecule has 0 radical (unpaired) electrons. The minimum atomic E-state index is -0.473. The number of aromatic nitrogens is 3. The van der Waals surface area contributed by atoms with Crippen molar-refractivity contribution in [3.05, 3.63) is 87.0 Å². The lowest BCUT2D eigenvalue weighted by molar-refractivity contribution is 0.0697. The number of benzene rings is 2. The maximum Gasteiger partial charge on any atom is 0.278 e. The third-order valence-electron chi connectivity index (χ3n) is 5.76. The van der Waals surface area contributed by atoms with Gasteiger partial charge < -0.3 is 4.90 Å². The largest absolute Gasteiger partial charge is 0.336 e. The Morgan fingerprint density at radius 2 is 1.94 bits per heavy atom. The van der Waals surface area contributed by atoms with Gasteiger partial charge in [0, 0.05) is 30.8 Å². The number of nitrogens with zero attached hydrogens (tertiary/aromatic N) is 4. The Labute approximate surface area is 188 Å². The minimum absolute atomic E-state index is 0.115. The van der Waals surface area contributed by atoms with Crippen molar-refractivity contribution in [2.24, 2.45) is 0 Å². The maximum atomic E-state index is 14.3. The van der Waals surface area contributed by atoms with Gasteiger partial charge in [-0.05, 0) is 44.0 Å². The van der Waals surface area contributed by atoms with E-state index < -0.39 is 17.2 Å². The van der Waals surface area contributed by atoms with E-state index in [1.807, 2.05) is 24.3 Å². The second-order valence-electron chi connectivity index (χ2n) is 7.97. The molecule has 6 nitrogen and oxygen atoms in total. The first-order valence-corrected chi connectivity index (χ1v) is 11.3. The predicted molar refractivity (Wildman–Crippen MR) is 122 cm³/mol. The van der Waals surface area contributed by atoms with Crippen LogP contribution in [0, 0.1) is 12.7 Å². The number of carbonyl (C=O) groups is 1. The SMILES string of the molecule is Cc1cc(=O)c(C(=O)N2CCC[C@@H](c3nc4ccccc4s3)C2)nn1-c1ccccc1F. The standard InChI is InChI=1S/C24H21FN4O2S/c1-15-13-20(30)22(27-29(15)19-10-4-2-8-17(19)25)24(31)28-12-6-7-16(14-28)23-26-18-9-3-5-11-21(18)32-23/h2-5,8-11,13,16H,6-7,12,14H2,1H3/t16-/m1/s1. The average Bonchev–Trinajstić information content (AvgIpc) is 3.24. The number of aryl methyl sites for hydroxylation is 1. The summed E-state index contributed by atoms with van der Waals surface area (Å²) < 4.78 is 16.8. The fourth-order valence-electron chi connectivity index (χ4n) is 4.14. The van der Waals surface area contributed by atoms with E-state index in [4.69, 9.17) is 4.98 Å². The van der Waals surface area contributed by atoms with E-state index in [9.17, 15) is 14.0 Å². The number of amides is 1. The molecule has 1 atom stereocenters. The molecule has 1 fully saturated rings. The number of hydrogen-bond acceptors (Lipinski definition) is 5. The van der Waals surface area contributed by atoms with Crippen molar-refractivity contribution in [1.82, 2.24) is 19.7 Å². The van der Waals surface area contributed by atoms with Crippen molar-refractivity contribution in [3.8, 4) is 5.69 Å². The van der Waals surface area contributed by atoms with Gasteiger partial charge in [0.2, 0.25) is 5.43 Å². The summed E-state index contributed by atoms with van der Waals surface area (Å²) in [5, 5.41) is 5.27. The first kappa shape index (κ1) is 20.5. The number of piperidine rings is 1. The molecule has 8 heteroatoms. The van der Waals surface area contributed by atoms with Crippen LogP contribution in [0.1, 0.15) is 39.9 Å². The van der Waals surface area contributed by atoms with E-state index in [1.165, 1.54) is 16.8 Å². The molecule has 4 aromatic rings. The fraction of sp³-hybridized carbons (Fsp3) is 0.250. The van der Waals surface area contributed by atoms with Crippen LogP contribution in [-0.2, 0) is 0 Å². The van der Waals surface area contributed by atoms with Crippen molar-refractivity contribution in [1.29, 1.82) is 0 Å². The van der Waals surface area contributed by atoms with E-state index in [2.05, 4.69) is 5.10 Å². The minimum Gasteiger partial charge on any atom is -0.336 e. The second-order valence-corrected chi connectivity index (χ2v) is 9.03. The van der Waals surface area contributed by atoms with E-state index in [-0.39, 0.29) is 17.3 Å². The van der Waals surface area contributed by atoms with Crippen LogP contribution in [0.25, 0.3) is 15.9 Å². The van der Waals surface area contributed by atoms with Crippen LogP contribution in [0.15, 0.2) is 59.4 Å². The molecular weight excluding hydrogens is 427 g/mol. The van der Waals surface area contributed by atoms with Crippen LogP contribution in [0.4, 0.5) is 4.39 Å². The van der Waals surface area contributed by atoms with Gasteiger partial charge >= 0.3 is 0 Å². The van der Waals surface area contributed by atoms with Crippen molar-refractivity contribution in [2.75, 3.05) is 13.1 Å². The Morgan fingerprint density at radius 3 is 2.75 bits per heavy atom. The Kier molecular flexibility index (Phi) is 5.30. The summed E-state index contributed by atoms with van der Waals surface area (Å²) in [5.74, 6) is -0.783. The molecule has 2 aromatic carbocycles. The van der Waals surface area contributed by atoms with Gasteiger partial charge in [0.25, 0.3) is 5.91 Å². The highest BCUT2D eigenvalue weighted by Gasteiger charge is 2.30. The molecular formula is C24H21FN4O2S. The number of thiazole rings is 1. The van der Waals surface area contributed by atoms with E-state index in [0.29, 0.717) is 18.8 Å². The van der Waals surface area contributed by atoms with Crippen LogP contribution in [0.3, 0.4) is 0 Å². The Morgan fingerprint density at radius 1 is 1.16 bits per heavy atom.